The van der Waals surface area contributed by atoms with Crippen LogP contribution in [0.25, 0.3) is 122 Å². The molecule has 11 aromatic carbocycles. The third-order valence-corrected chi connectivity index (χ3v) is 14.5. The van der Waals surface area contributed by atoms with E-state index in [9.17, 15) is 0 Å². The SMILES string of the molecule is CC1(C)c2cc(-c3ccc(-c4ccc(-c5ccc(-c6ccc7c8c(cccc68)-c6ccccc6-7)cc5)cc4)cc3)ccc2-c2ccc(-c3ccc(-c4ccc5ccccc5c4)cc3)cc21. The van der Waals surface area contributed by atoms with Gasteiger partial charge in [0.1, 0.15) is 0 Å². The van der Waals surface area contributed by atoms with Crippen molar-refractivity contribution in [2.75, 3.05) is 0 Å². The van der Waals surface area contributed by atoms with E-state index >= 15 is 0 Å². The molecule has 0 saturated heterocycles. The molecule has 0 heteroatoms. The van der Waals surface area contributed by atoms with Gasteiger partial charge in [-0.25, -0.2) is 0 Å². The summed E-state index contributed by atoms with van der Waals surface area (Å²) in [7, 11) is 0. The second-order valence-corrected chi connectivity index (χ2v) is 18.5. The monoisotopic (exact) mass is 824 g/mol. The zero-order valence-electron chi connectivity index (χ0n) is 36.4. The van der Waals surface area contributed by atoms with Crippen LogP contribution in [0.2, 0.25) is 0 Å². The highest BCUT2D eigenvalue weighted by atomic mass is 14.4. The summed E-state index contributed by atoms with van der Waals surface area (Å²) in [6, 6.07) is 85.7. The Morgan fingerprint density at radius 3 is 1.11 bits per heavy atom. The van der Waals surface area contributed by atoms with Crippen molar-refractivity contribution in [1.82, 2.24) is 0 Å². The van der Waals surface area contributed by atoms with E-state index in [4.69, 9.17) is 0 Å². The lowest BCUT2D eigenvalue weighted by molar-refractivity contribution is 0.661. The van der Waals surface area contributed by atoms with E-state index < -0.39 is 0 Å². The Morgan fingerprint density at radius 1 is 0.231 bits per heavy atom. The maximum Gasteiger partial charge on any atom is 0.0159 e. The maximum atomic E-state index is 2.42. The molecule has 0 unspecified atom stereocenters. The zero-order valence-corrected chi connectivity index (χ0v) is 36.4. The Kier molecular flexibility index (Phi) is 8.36. The molecule has 0 amide bonds. The van der Waals surface area contributed by atoms with Crippen LogP contribution in [0, 0.1) is 0 Å². The van der Waals surface area contributed by atoms with Crippen LogP contribution in [0.5, 0.6) is 0 Å². The van der Waals surface area contributed by atoms with E-state index in [-0.39, 0.29) is 5.41 Å². The van der Waals surface area contributed by atoms with Crippen molar-refractivity contribution in [3.05, 3.63) is 242 Å². The van der Waals surface area contributed by atoms with Crippen LogP contribution in [0.15, 0.2) is 231 Å². The molecule has 0 fully saturated rings. The standard InChI is InChI=1S/C65H44/c1-65(2)62-39-52(32-34-57(62)58-35-33-53(40-63(58)65)48-24-22-46(23-25-48)51-31-28-41-8-3-4-9-50(41)38-51)47-20-18-44(19-21-47)42-14-16-43(17-15-42)45-26-29-49(30-27-45)54-36-37-61-56-11-6-5-10-55(56)60-13-7-12-59(54)64(60)61/h3-40H,1-2H3. The molecular formula is C65H44. The number of fused-ring (bicyclic) bond motifs is 7. The summed E-state index contributed by atoms with van der Waals surface area (Å²) in [6.07, 6.45) is 0. The largest absolute Gasteiger partial charge is 0.0616 e. The lowest BCUT2D eigenvalue weighted by Crippen LogP contribution is -2.15. The average Bonchev–Trinajstić information content (AvgIpc) is 3.82. The third kappa shape index (κ3) is 6.06. The summed E-state index contributed by atoms with van der Waals surface area (Å²) in [5.41, 5.74) is 25.5. The molecule has 0 N–H and O–H groups in total. The second-order valence-electron chi connectivity index (χ2n) is 18.5. The van der Waals surface area contributed by atoms with E-state index in [0.29, 0.717) is 0 Å². The smallest absolute Gasteiger partial charge is 0.0159 e. The molecule has 2 aliphatic carbocycles. The fraction of sp³-hybridized carbons (Fsp3) is 0.0462. The summed E-state index contributed by atoms with van der Waals surface area (Å²) < 4.78 is 0. The molecule has 0 saturated carbocycles. The highest BCUT2D eigenvalue weighted by Gasteiger charge is 2.36. The van der Waals surface area contributed by atoms with Gasteiger partial charge in [0.25, 0.3) is 0 Å². The predicted octanol–water partition coefficient (Wildman–Crippen LogP) is 17.9. The van der Waals surface area contributed by atoms with Crippen LogP contribution in [-0.2, 0) is 5.41 Å². The molecule has 0 aromatic heterocycles. The fourth-order valence-corrected chi connectivity index (χ4v) is 10.9. The molecule has 2 aliphatic rings. The maximum absolute atomic E-state index is 2.42. The van der Waals surface area contributed by atoms with E-state index in [1.54, 1.807) is 0 Å². The summed E-state index contributed by atoms with van der Waals surface area (Å²) >= 11 is 0. The normalized spacial score (nSPS) is 12.9. The van der Waals surface area contributed by atoms with Gasteiger partial charge < -0.3 is 0 Å². The van der Waals surface area contributed by atoms with Crippen LogP contribution in [-0.4, -0.2) is 0 Å². The molecule has 0 heterocycles. The van der Waals surface area contributed by atoms with E-state index in [1.165, 1.54) is 133 Å². The average molecular weight is 825 g/mol. The van der Waals surface area contributed by atoms with Gasteiger partial charge >= 0.3 is 0 Å². The van der Waals surface area contributed by atoms with Crippen molar-refractivity contribution < 1.29 is 0 Å². The highest BCUT2D eigenvalue weighted by Crippen LogP contribution is 2.52. The topological polar surface area (TPSA) is 0 Å². The lowest BCUT2D eigenvalue weighted by Gasteiger charge is -2.22. The minimum atomic E-state index is -0.118. The first-order valence-corrected chi connectivity index (χ1v) is 22.8. The van der Waals surface area contributed by atoms with Gasteiger partial charge in [-0.3, -0.25) is 0 Å². The van der Waals surface area contributed by atoms with Crippen molar-refractivity contribution in [3.63, 3.8) is 0 Å². The Morgan fingerprint density at radius 2 is 0.585 bits per heavy atom. The minimum absolute atomic E-state index is 0.118. The predicted molar refractivity (Wildman–Crippen MR) is 276 cm³/mol. The van der Waals surface area contributed by atoms with Gasteiger partial charge in [0, 0.05) is 5.41 Å². The fourth-order valence-electron chi connectivity index (χ4n) is 10.9. The van der Waals surface area contributed by atoms with Crippen molar-refractivity contribution in [3.8, 4) is 100 Å². The Balaban J connectivity index is 0.717. The molecule has 304 valence electrons. The van der Waals surface area contributed by atoms with Gasteiger partial charge in [-0.05, 0) is 151 Å². The van der Waals surface area contributed by atoms with E-state index in [1.807, 2.05) is 0 Å². The molecule has 0 atom stereocenters. The zero-order chi connectivity index (χ0) is 43.2. The summed E-state index contributed by atoms with van der Waals surface area (Å²) in [5.74, 6) is 0. The number of hydrogen-bond acceptors (Lipinski definition) is 0. The lowest BCUT2D eigenvalue weighted by atomic mass is 9.80. The first-order chi connectivity index (χ1) is 31.9. The molecule has 11 aromatic rings. The Labute approximate surface area is 380 Å². The molecular weight excluding hydrogens is 781 g/mol. The number of benzene rings is 11. The molecule has 0 aliphatic heterocycles. The summed E-state index contributed by atoms with van der Waals surface area (Å²) in [5, 5.41) is 5.22. The van der Waals surface area contributed by atoms with Gasteiger partial charge in [0.05, 0.1) is 0 Å². The third-order valence-electron chi connectivity index (χ3n) is 14.5. The van der Waals surface area contributed by atoms with Gasteiger partial charge in [-0.1, -0.05) is 226 Å². The number of rotatable bonds is 6. The summed E-state index contributed by atoms with van der Waals surface area (Å²) in [6.45, 7) is 4.76. The Bertz CT molecular complexity index is 3650. The minimum Gasteiger partial charge on any atom is -0.0616 e. The van der Waals surface area contributed by atoms with Crippen LogP contribution in [0.3, 0.4) is 0 Å². The molecule has 0 bridgehead atoms. The second kappa shape index (κ2) is 14.5. The van der Waals surface area contributed by atoms with Crippen LogP contribution in [0.1, 0.15) is 25.0 Å². The molecule has 0 spiro atoms. The highest BCUT2D eigenvalue weighted by molar-refractivity contribution is 6.18. The first kappa shape index (κ1) is 37.5. The Hall–Kier alpha value is -8.06. The summed E-state index contributed by atoms with van der Waals surface area (Å²) in [4.78, 5) is 0. The first-order valence-electron chi connectivity index (χ1n) is 22.8. The van der Waals surface area contributed by atoms with Crippen molar-refractivity contribution >= 4 is 21.5 Å². The van der Waals surface area contributed by atoms with Crippen molar-refractivity contribution in [1.29, 1.82) is 0 Å². The quantitative estimate of drug-likeness (QED) is 0.157. The van der Waals surface area contributed by atoms with Gasteiger partial charge in [-0.2, -0.15) is 0 Å². The van der Waals surface area contributed by atoms with Crippen LogP contribution >= 0.6 is 0 Å². The molecule has 0 radical (unpaired) electrons. The molecule has 0 nitrogen and oxygen atoms in total. The van der Waals surface area contributed by atoms with Gasteiger partial charge in [-0.15, -0.1) is 0 Å². The van der Waals surface area contributed by atoms with Crippen LogP contribution < -0.4 is 0 Å². The van der Waals surface area contributed by atoms with Gasteiger partial charge in [0.2, 0.25) is 0 Å². The molecule has 65 heavy (non-hydrogen) atoms. The number of hydrogen-bond donors (Lipinski definition) is 0. The van der Waals surface area contributed by atoms with Crippen molar-refractivity contribution in [2.24, 2.45) is 0 Å². The molecule has 13 rings (SSSR count). The van der Waals surface area contributed by atoms with Gasteiger partial charge in [0.15, 0.2) is 0 Å². The van der Waals surface area contributed by atoms with E-state index in [2.05, 4.69) is 244 Å². The van der Waals surface area contributed by atoms with Crippen LogP contribution in [0.4, 0.5) is 0 Å². The van der Waals surface area contributed by atoms with Crippen molar-refractivity contribution in [2.45, 2.75) is 19.3 Å². The van der Waals surface area contributed by atoms with E-state index in [0.717, 1.165) is 0 Å².